The van der Waals surface area contributed by atoms with Gasteiger partial charge in [0.15, 0.2) is 0 Å². The number of carbonyl (C=O) groups excluding carboxylic acids is 2. The highest BCUT2D eigenvalue weighted by Crippen LogP contribution is 2.37. The van der Waals surface area contributed by atoms with Crippen LogP contribution in [0.25, 0.3) is 6.08 Å². The number of nitro benzene ring substituents is 1. The third-order valence-corrected chi connectivity index (χ3v) is 5.85. The Morgan fingerprint density at radius 1 is 1.41 bits per heavy atom. The lowest BCUT2D eigenvalue weighted by Crippen LogP contribution is -2.29. The number of thiophene rings is 1. The molecule has 1 N–H and O–H groups in total. The second kappa shape index (κ2) is 8.97. The van der Waals surface area contributed by atoms with Crippen molar-refractivity contribution < 1.29 is 19.2 Å². The van der Waals surface area contributed by atoms with Crippen LogP contribution in [0, 0.1) is 10.1 Å². The van der Waals surface area contributed by atoms with Crippen LogP contribution < -0.4 is 5.32 Å². The number of hydrogen-bond acceptors (Lipinski definition) is 7. The highest BCUT2D eigenvalue weighted by molar-refractivity contribution is 7.17. The Kier molecular flexibility index (Phi) is 6.40. The van der Waals surface area contributed by atoms with E-state index in [1.807, 2.05) is 0 Å². The van der Waals surface area contributed by atoms with Crippen molar-refractivity contribution >= 4 is 40.0 Å². The molecule has 0 radical (unpaired) electrons. The Balaban J connectivity index is 1.81. The van der Waals surface area contributed by atoms with E-state index in [2.05, 4.69) is 17.1 Å². The molecule has 1 aromatic heterocycles. The minimum Gasteiger partial charge on any atom is -0.465 e. The Hall–Kier alpha value is -3.04. The van der Waals surface area contributed by atoms with Crippen LogP contribution in [0.2, 0.25) is 0 Å². The lowest BCUT2D eigenvalue weighted by molar-refractivity contribution is -0.384. The molecule has 0 saturated carbocycles. The van der Waals surface area contributed by atoms with Crippen LogP contribution in [0.15, 0.2) is 30.3 Å². The molecule has 0 unspecified atom stereocenters. The second-order valence-electron chi connectivity index (χ2n) is 6.49. The molecular formula is C20H21N3O5S. The van der Waals surface area contributed by atoms with Gasteiger partial charge < -0.3 is 10.1 Å². The van der Waals surface area contributed by atoms with Crippen LogP contribution in [0.4, 0.5) is 10.7 Å². The molecule has 0 bridgehead atoms. The number of nitrogens with one attached hydrogen (secondary N) is 1. The molecule has 0 aliphatic carbocycles. The van der Waals surface area contributed by atoms with E-state index in [4.69, 9.17) is 4.74 Å². The zero-order valence-corrected chi connectivity index (χ0v) is 17.0. The van der Waals surface area contributed by atoms with Gasteiger partial charge in [-0.05, 0) is 30.2 Å². The number of anilines is 1. The highest BCUT2D eigenvalue weighted by atomic mass is 32.1. The van der Waals surface area contributed by atoms with E-state index in [1.165, 1.54) is 42.7 Å². The minimum absolute atomic E-state index is 0.0491. The van der Waals surface area contributed by atoms with Gasteiger partial charge in [0, 0.05) is 36.2 Å². The number of ether oxygens (including phenoxy) is 1. The number of esters is 1. The predicted molar refractivity (Wildman–Crippen MR) is 111 cm³/mol. The molecule has 2 heterocycles. The molecule has 1 aliphatic heterocycles. The van der Waals surface area contributed by atoms with E-state index in [1.54, 1.807) is 12.1 Å². The number of hydrogen-bond donors (Lipinski definition) is 1. The van der Waals surface area contributed by atoms with Crippen molar-refractivity contribution in [2.45, 2.75) is 19.9 Å². The van der Waals surface area contributed by atoms with Gasteiger partial charge in [0.1, 0.15) is 5.00 Å². The van der Waals surface area contributed by atoms with Gasteiger partial charge in [-0.3, -0.25) is 19.8 Å². The van der Waals surface area contributed by atoms with Crippen molar-refractivity contribution in [3.05, 3.63) is 62.0 Å². The molecule has 0 atom stereocenters. The molecule has 0 fully saturated rings. The largest absolute Gasteiger partial charge is 0.465 e. The summed E-state index contributed by atoms with van der Waals surface area (Å²) in [6, 6.07) is 5.99. The van der Waals surface area contributed by atoms with Crippen molar-refractivity contribution in [2.24, 2.45) is 0 Å². The Bertz CT molecular complexity index is 982. The van der Waals surface area contributed by atoms with Gasteiger partial charge in [-0.15, -0.1) is 11.3 Å². The molecule has 3 rings (SSSR count). The molecule has 0 spiro atoms. The van der Waals surface area contributed by atoms with E-state index < -0.39 is 16.8 Å². The van der Waals surface area contributed by atoms with Gasteiger partial charge >= 0.3 is 5.97 Å². The summed E-state index contributed by atoms with van der Waals surface area (Å²) in [7, 11) is 1.32. The fourth-order valence-corrected chi connectivity index (χ4v) is 4.48. The number of methoxy groups -OCH3 is 1. The van der Waals surface area contributed by atoms with Crippen molar-refractivity contribution in [3.8, 4) is 0 Å². The number of likely N-dealkylation sites (N-methyl/N-ethyl adjacent to an activating group) is 1. The number of nitrogens with zero attached hydrogens (tertiary/aromatic N) is 2. The van der Waals surface area contributed by atoms with E-state index in [0.29, 0.717) is 16.1 Å². The standard InChI is InChI=1S/C20H21N3O5S/c1-3-22-10-9-15-16(12-22)29-19(18(15)20(25)28-2)21-17(24)8-7-13-5-4-6-14(11-13)23(26)27/h4-8,11H,3,9-10,12H2,1-2H3,(H,21,24)/b8-7-. The topological polar surface area (TPSA) is 102 Å². The minimum atomic E-state index is -0.490. The molecule has 1 aliphatic rings. The first-order valence-electron chi connectivity index (χ1n) is 9.11. The number of fused-ring (bicyclic) bond motifs is 1. The summed E-state index contributed by atoms with van der Waals surface area (Å²) in [6.45, 7) is 4.59. The molecule has 9 heteroatoms. The Morgan fingerprint density at radius 3 is 2.90 bits per heavy atom. The fourth-order valence-electron chi connectivity index (χ4n) is 3.20. The summed E-state index contributed by atoms with van der Waals surface area (Å²) in [5.41, 5.74) is 1.84. The number of carbonyl (C=O) groups is 2. The van der Waals surface area contributed by atoms with Gasteiger partial charge in [0.2, 0.25) is 5.91 Å². The van der Waals surface area contributed by atoms with Crippen LogP contribution in [0.3, 0.4) is 0 Å². The average molecular weight is 415 g/mol. The summed E-state index contributed by atoms with van der Waals surface area (Å²) < 4.78 is 4.92. The van der Waals surface area contributed by atoms with Crippen LogP contribution in [0.1, 0.15) is 33.3 Å². The molecule has 152 valence electrons. The molecule has 8 nitrogen and oxygen atoms in total. The van der Waals surface area contributed by atoms with E-state index in [-0.39, 0.29) is 5.69 Å². The van der Waals surface area contributed by atoms with Crippen LogP contribution in [0.5, 0.6) is 0 Å². The van der Waals surface area contributed by atoms with Crippen LogP contribution in [-0.4, -0.2) is 41.9 Å². The van der Waals surface area contributed by atoms with Crippen molar-refractivity contribution in [2.75, 3.05) is 25.5 Å². The maximum atomic E-state index is 12.4. The third-order valence-electron chi connectivity index (χ3n) is 4.72. The normalized spacial score (nSPS) is 13.9. The number of amides is 1. The van der Waals surface area contributed by atoms with Gasteiger partial charge in [0.05, 0.1) is 17.6 Å². The number of rotatable bonds is 6. The molecule has 0 saturated heterocycles. The van der Waals surface area contributed by atoms with E-state index >= 15 is 0 Å². The number of nitro groups is 1. The lowest BCUT2D eigenvalue weighted by Gasteiger charge is -2.25. The van der Waals surface area contributed by atoms with E-state index in [9.17, 15) is 19.7 Å². The van der Waals surface area contributed by atoms with Gasteiger partial charge in [-0.2, -0.15) is 0 Å². The Labute approximate surface area is 171 Å². The third kappa shape index (κ3) is 4.69. The van der Waals surface area contributed by atoms with Crippen LogP contribution >= 0.6 is 11.3 Å². The average Bonchev–Trinajstić information content (AvgIpc) is 3.08. The van der Waals surface area contributed by atoms with Gasteiger partial charge in [0.25, 0.3) is 5.69 Å². The lowest BCUT2D eigenvalue weighted by atomic mass is 10.0. The molecule has 2 aromatic rings. The smallest absolute Gasteiger partial charge is 0.341 e. The molecule has 29 heavy (non-hydrogen) atoms. The summed E-state index contributed by atoms with van der Waals surface area (Å²) in [4.78, 5) is 38.4. The highest BCUT2D eigenvalue weighted by Gasteiger charge is 2.28. The second-order valence-corrected chi connectivity index (χ2v) is 7.60. The van der Waals surface area contributed by atoms with Gasteiger partial charge in [-0.25, -0.2) is 4.79 Å². The summed E-state index contributed by atoms with van der Waals surface area (Å²) in [6.07, 6.45) is 3.51. The molecule has 1 amide bonds. The van der Waals surface area contributed by atoms with Crippen LogP contribution in [-0.2, 0) is 22.5 Å². The first kappa shape index (κ1) is 20.7. The van der Waals surface area contributed by atoms with Crippen molar-refractivity contribution in [1.29, 1.82) is 0 Å². The van der Waals surface area contributed by atoms with Crippen molar-refractivity contribution in [1.82, 2.24) is 4.90 Å². The maximum Gasteiger partial charge on any atom is 0.341 e. The van der Waals surface area contributed by atoms with E-state index in [0.717, 1.165) is 36.5 Å². The number of benzene rings is 1. The quantitative estimate of drug-likeness (QED) is 0.335. The first-order valence-corrected chi connectivity index (χ1v) is 9.93. The summed E-state index contributed by atoms with van der Waals surface area (Å²) >= 11 is 1.38. The molecule has 1 aromatic carbocycles. The van der Waals surface area contributed by atoms with Gasteiger partial charge in [-0.1, -0.05) is 19.1 Å². The first-order chi connectivity index (χ1) is 13.9. The predicted octanol–water partition coefficient (Wildman–Crippen LogP) is 3.47. The fraction of sp³-hybridized carbons (Fsp3) is 0.300. The number of non-ortho nitro benzene ring substituents is 1. The zero-order chi connectivity index (χ0) is 21.0. The zero-order valence-electron chi connectivity index (χ0n) is 16.1. The monoisotopic (exact) mass is 415 g/mol. The van der Waals surface area contributed by atoms with Crippen molar-refractivity contribution in [3.63, 3.8) is 0 Å². The summed E-state index contributed by atoms with van der Waals surface area (Å²) in [5, 5.41) is 14.1. The Morgan fingerprint density at radius 2 is 2.21 bits per heavy atom. The SMILES string of the molecule is CCN1CCc2c(sc(NC(=O)/C=C\c3cccc([N+](=O)[O-])c3)c2C(=O)OC)C1. The summed E-state index contributed by atoms with van der Waals surface area (Å²) in [5.74, 6) is -0.891. The molecular weight excluding hydrogens is 394 g/mol. The maximum absolute atomic E-state index is 12.4.